The number of rotatable bonds is 12. The van der Waals surface area contributed by atoms with Gasteiger partial charge >= 0.3 is 6.18 Å². The quantitative estimate of drug-likeness (QED) is 0.0938. The van der Waals surface area contributed by atoms with E-state index >= 15 is 9.18 Å². The molecule has 1 aliphatic rings. The van der Waals surface area contributed by atoms with Crippen LogP contribution in [0, 0.1) is 18.6 Å². The molecule has 12 heteroatoms. The number of benzene rings is 4. The first-order valence-electron chi connectivity index (χ1n) is 28.7. The fourth-order valence-corrected chi connectivity index (χ4v) is 5.55. The van der Waals surface area contributed by atoms with Gasteiger partial charge in [0.25, 0.3) is 0 Å². The molecule has 0 atom stereocenters. The van der Waals surface area contributed by atoms with Crippen molar-refractivity contribution < 1.29 is 69.9 Å². The van der Waals surface area contributed by atoms with Crippen molar-refractivity contribution in [3.8, 4) is 11.1 Å². The fraction of sp³-hybridized carbons (Fsp3) is 0.317. The van der Waals surface area contributed by atoms with Crippen LogP contribution >= 0.6 is 11.8 Å². The first-order chi connectivity index (χ1) is 36.6. The molecule has 278 valence electrons. The Balaban J connectivity index is 1.76. The number of thioether (sulfide) groups is 1. The van der Waals surface area contributed by atoms with E-state index in [-0.39, 0.29) is 11.8 Å². The maximum atomic E-state index is 15.6. The van der Waals surface area contributed by atoms with Crippen LogP contribution in [0.15, 0.2) is 100 Å². The summed E-state index contributed by atoms with van der Waals surface area (Å²) in [7, 11) is 0.492. The number of nitrogens with zero attached hydrogens (tertiary/aromatic N) is 3. The van der Waals surface area contributed by atoms with E-state index in [9.17, 15) is 29.2 Å². The number of aromatic nitrogens is 1. The third-order valence-corrected chi connectivity index (χ3v) is 8.08. The van der Waals surface area contributed by atoms with Crippen LogP contribution in [0.5, 0.6) is 0 Å². The number of methoxy groups -OCH3 is 1. The Morgan fingerprint density at radius 3 is 2.45 bits per heavy atom. The molecule has 0 aliphatic carbocycles. The van der Waals surface area contributed by atoms with E-state index in [1.807, 2.05) is 0 Å². The monoisotopic (exact) mass is 777 g/mol. The number of ether oxygens (including phenoxy) is 1. The molecule has 6 nitrogen and oxygen atoms in total. The van der Waals surface area contributed by atoms with E-state index < -0.39 is 243 Å². The molecule has 0 unspecified atom stereocenters. The maximum Gasteiger partial charge on any atom is 0.416 e. The third-order valence-electron chi connectivity index (χ3n) is 7.05. The highest BCUT2D eigenvalue weighted by molar-refractivity contribution is 7.98. The summed E-state index contributed by atoms with van der Waals surface area (Å²) in [4.78, 5) is 28.2. The normalized spacial score (nSPS) is 26.7. The van der Waals surface area contributed by atoms with Gasteiger partial charge < -0.3 is 19.1 Å². The molecule has 0 saturated carbocycles. The molecule has 53 heavy (non-hydrogen) atoms. The number of pyridine rings is 1. The lowest BCUT2D eigenvalue weighted by Crippen LogP contribution is -2.48. The van der Waals surface area contributed by atoms with Gasteiger partial charge in [-0.1, -0.05) is 60.4 Å². The topological polar surface area (TPSA) is 54.8 Å². The van der Waals surface area contributed by atoms with Crippen LogP contribution in [0.2, 0.25) is 0 Å². The predicted octanol–water partition coefficient (Wildman–Crippen LogP) is 8.71. The van der Waals surface area contributed by atoms with Crippen LogP contribution in [0.1, 0.15) is 73.4 Å². The van der Waals surface area contributed by atoms with E-state index in [4.69, 9.17) is 31.5 Å². The highest BCUT2D eigenvalue weighted by Crippen LogP contribution is 2.34. The van der Waals surface area contributed by atoms with Gasteiger partial charge in [-0.05, 0) is 66.1 Å². The van der Waals surface area contributed by atoms with E-state index in [1.54, 1.807) is 0 Å². The Kier molecular flexibility index (Phi) is 5.17. The van der Waals surface area contributed by atoms with Gasteiger partial charge in [-0.25, -0.2) is 8.78 Å². The molecule has 0 radical (unpaired) electrons. The summed E-state index contributed by atoms with van der Waals surface area (Å²) >= 11 is -0.000353. The van der Waals surface area contributed by atoms with E-state index in [1.165, 1.54) is 0 Å². The molecule has 1 saturated heterocycles. The van der Waals surface area contributed by atoms with E-state index in [0.717, 1.165) is 0 Å². The molecule has 0 spiro atoms. The number of alkyl halides is 3. The number of piperidine rings is 1. The largest absolute Gasteiger partial charge is 0.416 e. The molecule has 1 aromatic heterocycles. The SMILES string of the molecule is [2H]c1c([2H])c(F)c(F)c(CSc2c([2H])c(=O)c3c([2H])c([2H])c([2H])c([2H])c3n2CC(=O)N(Cc2c([2H])c([2H])c(-c3c([2H])c([2H])c(C(F)(F)F)c(C)c3[2H])c([2H])c2[2H])C2([2H])C([2H])([2H])C([2H])([2H])N(C([2H])([2H])C([2H])([2H])OC)C([2H])([2H])C2([2H])[2H])c1[2H]. The summed E-state index contributed by atoms with van der Waals surface area (Å²) in [6.07, 6.45) is -14.9. The lowest BCUT2D eigenvalue weighted by atomic mass is 9.98. The summed E-state index contributed by atoms with van der Waals surface area (Å²) in [6, 6.07) is -24.8. The second kappa shape index (κ2) is 16.7. The molecule has 1 fully saturated rings. The van der Waals surface area contributed by atoms with Crippen molar-refractivity contribution in [1.29, 1.82) is 0 Å². The first-order valence-corrected chi connectivity index (χ1v) is 15.7. The van der Waals surface area contributed by atoms with Crippen molar-refractivity contribution in [2.45, 2.75) is 55.7 Å². The number of hydrogen-bond donors (Lipinski definition) is 0. The van der Waals surface area contributed by atoms with Gasteiger partial charge in [-0.2, -0.15) is 13.2 Å². The minimum absolute atomic E-state index is 0.000353. The summed E-state index contributed by atoms with van der Waals surface area (Å²) < 4.78 is 322. The average molecular weight is 778 g/mol. The molecule has 1 aliphatic heterocycles. The molecule has 4 aromatic carbocycles. The summed E-state index contributed by atoms with van der Waals surface area (Å²) in [5, 5.41) is -2.17. The number of carbonyl (C=O) groups excluding carboxylic acids is 1. The number of para-hydroxylation sites is 1. The van der Waals surface area contributed by atoms with Crippen molar-refractivity contribution in [3.63, 3.8) is 0 Å². The molecule has 6 rings (SSSR count). The van der Waals surface area contributed by atoms with E-state index in [0.29, 0.717) is 18.6 Å². The lowest BCUT2D eigenvalue weighted by molar-refractivity contribution is -0.138. The minimum atomic E-state index is -5.35. The second-order valence-electron chi connectivity index (χ2n) is 10.5. The van der Waals surface area contributed by atoms with Crippen LogP contribution in [0.3, 0.4) is 0 Å². The third kappa shape index (κ3) is 9.00. The summed E-state index contributed by atoms with van der Waals surface area (Å²) in [5.41, 5.74) is -10.1. The van der Waals surface area contributed by atoms with Crippen molar-refractivity contribution in [2.24, 2.45) is 0 Å². The zero-order chi connectivity index (χ0) is 62.4. The highest BCUT2D eigenvalue weighted by Gasteiger charge is 2.32. The molecule has 0 N–H and O–H groups in total. The number of fused-ring (bicyclic) bond motifs is 1. The zero-order valence-corrected chi connectivity index (χ0v) is 27.8. The van der Waals surface area contributed by atoms with Crippen LogP contribution in [-0.4, -0.2) is 59.5 Å². The number of carbonyl (C=O) groups is 1. The summed E-state index contributed by atoms with van der Waals surface area (Å²) in [6.45, 7) is -20.7. The van der Waals surface area contributed by atoms with Crippen molar-refractivity contribution in [3.05, 3.63) is 135 Å². The van der Waals surface area contributed by atoms with Crippen LogP contribution in [-0.2, 0) is 34.6 Å². The van der Waals surface area contributed by atoms with Gasteiger partial charge in [0.1, 0.15) is 6.54 Å². The van der Waals surface area contributed by atoms with Crippen molar-refractivity contribution in [2.75, 3.05) is 33.2 Å². The Morgan fingerprint density at radius 2 is 1.74 bits per heavy atom. The van der Waals surface area contributed by atoms with Gasteiger partial charge in [0.2, 0.25) is 5.91 Å². The van der Waals surface area contributed by atoms with Gasteiger partial charge in [-0.15, -0.1) is 11.8 Å². The first kappa shape index (κ1) is 16.5. The average Bonchev–Trinajstić information content (AvgIpc) is 3.36. The smallest absolute Gasteiger partial charge is 0.383 e. The highest BCUT2D eigenvalue weighted by atomic mass is 32.2. The zero-order valence-electron chi connectivity index (χ0n) is 55.0. The maximum absolute atomic E-state index is 15.6. The number of amides is 1. The molecule has 5 aromatic rings. The van der Waals surface area contributed by atoms with Crippen molar-refractivity contribution >= 4 is 28.6 Å². The van der Waals surface area contributed by atoms with Gasteiger partial charge in [-0.3, -0.25) is 9.59 Å². The molecule has 1 amide bonds. The van der Waals surface area contributed by atoms with Gasteiger partial charge in [0.05, 0.1) is 47.3 Å². The van der Waals surface area contributed by atoms with Crippen molar-refractivity contribution in [1.82, 2.24) is 14.4 Å². The Morgan fingerprint density at radius 1 is 1.02 bits per heavy atom. The molecular weight excluding hydrogens is 710 g/mol. The molecular formula is C41H40F5N3O3S. The second-order valence-corrected chi connectivity index (χ2v) is 11.5. The Labute approximate surface area is 348 Å². The standard InChI is InChI=1S/C41H40F5N3O3S/c1-27-22-30(14-15-34(27)41(44,45)46)29-12-10-28(11-13-29)24-48(32-16-18-47(19-17-32)20-21-52-2)38(51)25-49-36-9-4-3-7-33(36)37(50)23-39(49)53-26-31-6-5-8-35(42)40(31)43/h3-15,22-23,32H,16-21,24-26H2,1-2H3/i3D,4D,5D,6D,7D,8D,9D,10D,11D,12D,13D,14D,15D,16D2,17D2,18D2,19D2,20D2,21D2,22D,23D,32D. The Hall–Kier alpha value is -4.52. The number of halogens is 5. The van der Waals surface area contributed by atoms with Crippen LogP contribution in [0.25, 0.3) is 22.0 Å². The van der Waals surface area contributed by atoms with Crippen LogP contribution < -0.4 is 5.43 Å². The molecule has 0 bridgehead atoms. The minimum Gasteiger partial charge on any atom is -0.383 e. The Bertz CT molecular complexity index is 3470. The fourth-order valence-electron chi connectivity index (χ4n) is 4.59. The van der Waals surface area contributed by atoms with Gasteiger partial charge in [0.15, 0.2) is 17.1 Å². The van der Waals surface area contributed by atoms with E-state index in [2.05, 4.69) is 4.74 Å². The number of hydrogen-bond acceptors (Lipinski definition) is 5. The predicted molar refractivity (Wildman–Crippen MR) is 198 cm³/mol. The molecule has 2 heterocycles. The number of likely N-dealkylation sites (tertiary alicyclic amines) is 1. The van der Waals surface area contributed by atoms with Gasteiger partial charge in [0, 0.05) is 75.6 Å². The lowest BCUT2D eigenvalue weighted by Gasteiger charge is -2.39. The summed E-state index contributed by atoms with van der Waals surface area (Å²) in [5.74, 6) is -7.20. The van der Waals surface area contributed by atoms with Crippen LogP contribution in [0.4, 0.5) is 22.0 Å².